The van der Waals surface area contributed by atoms with Crippen LogP contribution in [0, 0.1) is 0 Å². The lowest BCUT2D eigenvalue weighted by atomic mass is 9.95. The zero-order valence-corrected chi connectivity index (χ0v) is 12.3. The third-order valence-electron chi connectivity index (χ3n) is 3.47. The van der Waals surface area contributed by atoms with Gasteiger partial charge in [0.15, 0.2) is 5.82 Å². The summed E-state index contributed by atoms with van der Waals surface area (Å²) in [6, 6.07) is 0.467. The SMILES string of the molecule is COc1nc(C(C)(C)C)nc(NC2CCCC2)c1N. The predicted octanol–water partition coefficient (Wildman–Crippen LogP) is 2.72. The number of nitrogens with two attached hydrogens (primary N) is 1. The quantitative estimate of drug-likeness (QED) is 0.878. The van der Waals surface area contributed by atoms with Crippen molar-refractivity contribution >= 4 is 11.5 Å². The van der Waals surface area contributed by atoms with Crippen molar-refractivity contribution in [2.45, 2.75) is 57.9 Å². The zero-order chi connectivity index (χ0) is 14.0. The number of hydrogen-bond acceptors (Lipinski definition) is 5. The van der Waals surface area contributed by atoms with E-state index in [2.05, 4.69) is 36.1 Å². The Labute approximate surface area is 115 Å². The van der Waals surface area contributed by atoms with E-state index in [0.29, 0.717) is 23.4 Å². The Hall–Kier alpha value is -1.52. The molecule has 0 bridgehead atoms. The van der Waals surface area contributed by atoms with Crippen molar-refractivity contribution in [3.63, 3.8) is 0 Å². The van der Waals surface area contributed by atoms with Crippen LogP contribution in [0.1, 0.15) is 52.3 Å². The lowest BCUT2D eigenvalue weighted by Gasteiger charge is -2.21. The second-order valence-corrected chi connectivity index (χ2v) is 6.19. The summed E-state index contributed by atoms with van der Waals surface area (Å²) in [6.45, 7) is 6.24. The summed E-state index contributed by atoms with van der Waals surface area (Å²) in [5.41, 5.74) is 6.44. The highest BCUT2D eigenvalue weighted by molar-refractivity contribution is 5.67. The van der Waals surface area contributed by atoms with E-state index in [-0.39, 0.29) is 5.41 Å². The second-order valence-electron chi connectivity index (χ2n) is 6.19. The van der Waals surface area contributed by atoms with Crippen molar-refractivity contribution in [1.82, 2.24) is 9.97 Å². The van der Waals surface area contributed by atoms with Gasteiger partial charge >= 0.3 is 0 Å². The van der Waals surface area contributed by atoms with E-state index in [4.69, 9.17) is 10.5 Å². The summed E-state index contributed by atoms with van der Waals surface area (Å²) in [5.74, 6) is 1.92. The van der Waals surface area contributed by atoms with Crippen molar-refractivity contribution in [1.29, 1.82) is 0 Å². The van der Waals surface area contributed by atoms with Crippen LogP contribution in [-0.2, 0) is 5.41 Å². The molecule has 0 aliphatic heterocycles. The molecule has 3 N–H and O–H groups in total. The minimum absolute atomic E-state index is 0.132. The summed E-state index contributed by atoms with van der Waals surface area (Å²) in [6.07, 6.45) is 4.89. The number of rotatable bonds is 3. The van der Waals surface area contributed by atoms with Gasteiger partial charge in [0.2, 0.25) is 5.88 Å². The van der Waals surface area contributed by atoms with Gasteiger partial charge in [-0.15, -0.1) is 0 Å². The monoisotopic (exact) mass is 264 g/mol. The van der Waals surface area contributed by atoms with E-state index >= 15 is 0 Å². The summed E-state index contributed by atoms with van der Waals surface area (Å²) in [7, 11) is 1.59. The van der Waals surface area contributed by atoms with E-state index in [1.165, 1.54) is 25.7 Å². The molecule has 0 atom stereocenters. The molecule has 2 rings (SSSR count). The van der Waals surface area contributed by atoms with E-state index in [0.717, 1.165) is 5.82 Å². The largest absolute Gasteiger partial charge is 0.479 e. The molecule has 1 heterocycles. The molecule has 1 aromatic heterocycles. The summed E-state index contributed by atoms with van der Waals surface area (Å²) in [4.78, 5) is 8.99. The predicted molar refractivity (Wildman–Crippen MR) is 77.6 cm³/mol. The summed E-state index contributed by atoms with van der Waals surface area (Å²) < 4.78 is 5.27. The fraction of sp³-hybridized carbons (Fsp3) is 0.714. The Morgan fingerprint density at radius 1 is 1.21 bits per heavy atom. The average Bonchev–Trinajstić information content (AvgIpc) is 2.83. The Kier molecular flexibility index (Phi) is 3.83. The molecule has 0 aromatic carbocycles. The first-order chi connectivity index (χ1) is 8.91. The minimum Gasteiger partial charge on any atom is -0.479 e. The van der Waals surface area contributed by atoms with Gasteiger partial charge in [-0.05, 0) is 12.8 Å². The van der Waals surface area contributed by atoms with Crippen LogP contribution in [0.4, 0.5) is 11.5 Å². The number of aromatic nitrogens is 2. The molecule has 0 spiro atoms. The van der Waals surface area contributed by atoms with Gasteiger partial charge in [0.25, 0.3) is 0 Å². The molecule has 19 heavy (non-hydrogen) atoms. The fourth-order valence-corrected chi connectivity index (χ4v) is 2.31. The molecule has 1 aliphatic rings. The van der Waals surface area contributed by atoms with Crippen molar-refractivity contribution in [2.24, 2.45) is 0 Å². The maximum atomic E-state index is 6.07. The number of hydrogen-bond donors (Lipinski definition) is 2. The number of anilines is 2. The van der Waals surface area contributed by atoms with Crippen LogP contribution in [0.3, 0.4) is 0 Å². The molecular formula is C14H24N4O. The van der Waals surface area contributed by atoms with Crippen LogP contribution in [-0.4, -0.2) is 23.1 Å². The molecule has 106 valence electrons. The highest BCUT2D eigenvalue weighted by Crippen LogP contribution is 2.32. The normalized spacial score (nSPS) is 16.6. The van der Waals surface area contributed by atoms with Gasteiger partial charge in [-0.3, -0.25) is 0 Å². The molecule has 0 radical (unpaired) electrons. The van der Waals surface area contributed by atoms with Gasteiger partial charge in [0, 0.05) is 11.5 Å². The smallest absolute Gasteiger partial charge is 0.242 e. The van der Waals surface area contributed by atoms with Gasteiger partial charge in [-0.25, -0.2) is 4.98 Å². The van der Waals surface area contributed by atoms with Crippen molar-refractivity contribution < 1.29 is 4.74 Å². The average molecular weight is 264 g/mol. The van der Waals surface area contributed by atoms with Crippen LogP contribution in [0.25, 0.3) is 0 Å². The van der Waals surface area contributed by atoms with Gasteiger partial charge < -0.3 is 15.8 Å². The second kappa shape index (κ2) is 5.23. The number of nitrogens with one attached hydrogen (secondary N) is 1. The lowest BCUT2D eigenvalue weighted by molar-refractivity contribution is 0.391. The van der Waals surface area contributed by atoms with Crippen LogP contribution < -0.4 is 15.8 Å². The standard InChI is InChI=1S/C14H24N4O/c1-14(2,3)13-17-11(10(15)12(18-13)19-4)16-9-7-5-6-8-9/h9H,5-8,15H2,1-4H3,(H,16,17,18). The minimum atomic E-state index is -0.132. The zero-order valence-electron chi connectivity index (χ0n) is 12.3. The number of nitrogens with zero attached hydrogens (tertiary/aromatic N) is 2. The maximum Gasteiger partial charge on any atom is 0.242 e. The first kappa shape index (κ1) is 13.9. The highest BCUT2D eigenvalue weighted by Gasteiger charge is 2.24. The van der Waals surface area contributed by atoms with Crippen LogP contribution in [0.5, 0.6) is 5.88 Å². The number of methoxy groups -OCH3 is 1. The molecule has 0 unspecified atom stereocenters. The van der Waals surface area contributed by atoms with E-state index in [9.17, 15) is 0 Å². The van der Waals surface area contributed by atoms with Crippen molar-refractivity contribution in [3.05, 3.63) is 5.82 Å². The van der Waals surface area contributed by atoms with Crippen molar-refractivity contribution in [3.8, 4) is 5.88 Å². The maximum absolute atomic E-state index is 6.07. The van der Waals surface area contributed by atoms with E-state index in [1.807, 2.05) is 0 Å². The molecule has 1 saturated carbocycles. The molecule has 1 fully saturated rings. The molecule has 5 nitrogen and oxygen atoms in total. The third kappa shape index (κ3) is 3.08. The molecule has 0 amide bonds. The molecule has 1 aliphatic carbocycles. The summed E-state index contributed by atoms with van der Waals surface area (Å²) >= 11 is 0. The number of nitrogen functional groups attached to an aromatic ring is 1. The first-order valence-corrected chi connectivity index (χ1v) is 6.90. The van der Waals surface area contributed by atoms with Gasteiger partial charge in [0.1, 0.15) is 11.5 Å². The summed E-state index contributed by atoms with van der Waals surface area (Å²) in [5, 5.41) is 3.44. The molecule has 0 saturated heterocycles. The fourth-order valence-electron chi connectivity index (χ4n) is 2.31. The first-order valence-electron chi connectivity index (χ1n) is 6.90. The van der Waals surface area contributed by atoms with E-state index < -0.39 is 0 Å². The molecule has 1 aromatic rings. The van der Waals surface area contributed by atoms with Gasteiger partial charge in [0.05, 0.1) is 7.11 Å². The third-order valence-corrected chi connectivity index (χ3v) is 3.47. The Morgan fingerprint density at radius 3 is 2.37 bits per heavy atom. The topological polar surface area (TPSA) is 73.1 Å². The highest BCUT2D eigenvalue weighted by atomic mass is 16.5. The number of ether oxygens (including phenoxy) is 1. The van der Waals surface area contributed by atoms with Crippen LogP contribution >= 0.6 is 0 Å². The molecule has 5 heteroatoms. The Bertz CT molecular complexity index is 447. The Balaban J connectivity index is 2.34. The van der Waals surface area contributed by atoms with E-state index in [1.54, 1.807) is 7.11 Å². The van der Waals surface area contributed by atoms with Gasteiger partial charge in [-0.1, -0.05) is 33.6 Å². The van der Waals surface area contributed by atoms with Crippen LogP contribution in [0.2, 0.25) is 0 Å². The molecular weight excluding hydrogens is 240 g/mol. The van der Waals surface area contributed by atoms with Gasteiger partial charge in [-0.2, -0.15) is 4.98 Å². The van der Waals surface area contributed by atoms with Crippen molar-refractivity contribution in [2.75, 3.05) is 18.2 Å². The van der Waals surface area contributed by atoms with Crippen LogP contribution in [0.15, 0.2) is 0 Å². The Morgan fingerprint density at radius 2 is 1.84 bits per heavy atom. The lowest BCUT2D eigenvalue weighted by Crippen LogP contribution is -2.22.